The van der Waals surface area contributed by atoms with E-state index in [4.69, 9.17) is 15.6 Å². The van der Waals surface area contributed by atoms with Gasteiger partial charge in [0, 0.05) is 0 Å². The maximum Gasteiger partial charge on any atom is 0.320 e. The van der Waals surface area contributed by atoms with Crippen LogP contribution in [0.3, 0.4) is 0 Å². The zero-order valence-electron chi connectivity index (χ0n) is 10.2. The van der Waals surface area contributed by atoms with Crippen LogP contribution in [0.4, 0.5) is 0 Å². The summed E-state index contributed by atoms with van der Waals surface area (Å²) in [5.41, 5.74) is 6.36. The van der Waals surface area contributed by atoms with E-state index < -0.39 is 12.0 Å². The van der Waals surface area contributed by atoms with Crippen LogP contribution in [0.1, 0.15) is 19.4 Å². The molecule has 0 radical (unpaired) electrons. The third kappa shape index (κ3) is 4.87. The maximum atomic E-state index is 10.6. The normalized spacial score (nSPS) is 12.5. The number of nitrogens with two attached hydrogens (primary N) is 1. The lowest BCUT2D eigenvalue weighted by atomic mass is 10.1. The lowest BCUT2D eigenvalue weighted by molar-refractivity contribution is -0.138. The fourth-order valence-corrected chi connectivity index (χ4v) is 1.37. The molecule has 0 bridgehead atoms. The summed E-state index contributed by atoms with van der Waals surface area (Å²) in [5, 5.41) is 8.73. The highest BCUT2D eigenvalue weighted by Crippen LogP contribution is 2.15. The highest BCUT2D eigenvalue weighted by Gasteiger charge is 2.12. The van der Waals surface area contributed by atoms with E-state index in [1.165, 1.54) is 0 Å². The Morgan fingerprint density at radius 2 is 2.18 bits per heavy atom. The fraction of sp³-hybridized carbons (Fsp3) is 0.462. The molecule has 1 aromatic rings. The molecular formula is C13H19NO3. The van der Waals surface area contributed by atoms with Crippen molar-refractivity contribution in [2.24, 2.45) is 11.7 Å². The van der Waals surface area contributed by atoms with E-state index in [2.05, 4.69) is 13.8 Å². The summed E-state index contributed by atoms with van der Waals surface area (Å²) in [6.07, 6.45) is 0.314. The van der Waals surface area contributed by atoms with Crippen LogP contribution in [0.2, 0.25) is 0 Å². The minimum atomic E-state index is -0.987. The van der Waals surface area contributed by atoms with Crippen LogP contribution in [0.5, 0.6) is 5.75 Å². The van der Waals surface area contributed by atoms with Crippen molar-refractivity contribution in [1.29, 1.82) is 0 Å². The Balaban J connectivity index is 2.62. The molecule has 0 heterocycles. The SMILES string of the molecule is CC(C)COc1cccc(C[C@H](N)C(=O)O)c1. The number of hydrogen-bond acceptors (Lipinski definition) is 3. The third-order valence-corrected chi connectivity index (χ3v) is 2.25. The molecule has 0 amide bonds. The number of rotatable bonds is 6. The zero-order chi connectivity index (χ0) is 12.8. The average molecular weight is 237 g/mol. The molecule has 1 aromatic carbocycles. The molecule has 0 fully saturated rings. The predicted octanol–water partition coefficient (Wildman–Crippen LogP) is 1.68. The topological polar surface area (TPSA) is 72.5 Å². The first kappa shape index (κ1) is 13.5. The van der Waals surface area contributed by atoms with Gasteiger partial charge in [-0.3, -0.25) is 4.79 Å². The number of ether oxygens (including phenoxy) is 1. The summed E-state index contributed by atoms with van der Waals surface area (Å²) in [7, 11) is 0. The van der Waals surface area contributed by atoms with Crippen LogP contribution in [-0.2, 0) is 11.2 Å². The molecule has 0 aliphatic carbocycles. The largest absolute Gasteiger partial charge is 0.493 e. The van der Waals surface area contributed by atoms with Gasteiger partial charge in [-0.25, -0.2) is 0 Å². The summed E-state index contributed by atoms with van der Waals surface area (Å²) >= 11 is 0. The molecule has 4 nitrogen and oxygen atoms in total. The molecule has 0 saturated heterocycles. The van der Waals surface area contributed by atoms with Crippen LogP contribution in [-0.4, -0.2) is 23.7 Å². The lowest BCUT2D eigenvalue weighted by Crippen LogP contribution is -2.32. The molecule has 0 aliphatic heterocycles. The van der Waals surface area contributed by atoms with Gasteiger partial charge in [0.1, 0.15) is 11.8 Å². The number of aliphatic carboxylic acids is 1. The van der Waals surface area contributed by atoms with E-state index in [1.807, 2.05) is 24.3 Å². The molecule has 0 aromatic heterocycles. The number of carboxylic acid groups (broad SMARTS) is 1. The van der Waals surface area contributed by atoms with E-state index >= 15 is 0 Å². The van der Waals surface area contributed by atoms with Crippen molar-refractivity contribution in [2.75, 3.05) is 6.61 Å². The molecule has 0 aliphatic rings. The fourth-order valence-electron chi connectivity index (χ4n) is 1.37. The second-order valence-electron chi connectivity index (χ2n) is 4.50. The highest BCUT2D eigenvalue weighted by molar-refractivity contribution is 5.73. The van der Waals surface area contributed by atoms with Crippen LogP contribution >= 0.6 is 0 Å². The Bertz CT molecular complexity index is 377. The number of benzene rings is 1. The van der Waals surface area contributed by atoms with E-state index in [9.17, 15) is 4.79 Å². The zero-order valence-corrected chi connectivity index (χ0v) is 10.2. The molecule has 0 saturated carbocycles. The van der Waals surface area contributed by atoms with Crippen LogP contribution in [0.15, 0.2) is 24.3 Å². The molecule has 0 unspecified atom stereocenters. The van der Waals surface area contributed by atoms with Gasteiger partial charge in [0.05, 0.1) is 6.61 Å². The van der Waals surface area contributed by atoms with E-state index in [-0.39, 0.29) is 0 Å². The van der Waals surface area contributed by atoms with Crippen molar-refractivity contribution in [3.63, 3.8) is 0 Å². The number of carboxylic acids is 1. The van der Waals surface area contributed by atoms with Gasteiger partial charge < -0.3 is 15.6 Å². The Morgan fingerprint density at radius 3 is 2.76 bits per heavy atom. The minimum absolute atomic E-state index is 0.314. The van der Waals surface area contributed by atoms with Crippen molar-refractivity contribution in [2.45, 2.75) is 26.3 Å². The lowest BCUT2D eigenvalue weighted by Gasteiger charge is -2.11. The Hall–Kier alpha value is -1.55. The van der Waals surface area contributed by atoms with Crippen molar-refractivity contribution < 1.29 is 14.6 Å². The summed E-state index contributed by atoms with van der Waals surface area (Å²) in [6, 6.07) is 6.53. The molecule has 94 valence electrons. The van der Waals surface area contributed by atoms with Crippen LogP contribution < -0.4 is 10.5 Å². The summed E-state index contributed by atoms with van der Waals surface area (Å²) < 4.78 is 5.56. The molecule has 0 spiro atoms. The third-order valence-electron chi connectivity index (χ3n) is 2.25. The quantitative estimate of drug-likeness (QED) is 0.789. The van der Waals surface area contributed by atoms with Gasteiger partial charge in [0.15, 0.2) is 0 Å². The van der Waals surface area contributed by atoms with Gasteiger partial charge in [-0.1, -0.05) is 26.0 Å². The monoisotopic (exact) mass is 237 g/mol. The summed E-state index contributed by atoms with van der Waals surface area (Å²) in [5.74, 6) is 0.229. The summed E-state index contributed by atoms with van der Waals surface area (Å²) in [4.78, 5) is 10.6. The van der Waals surface area contributed by atoms with Crippen molar-refractivity contribution >= 4 is 5.97 Å². The molecule has 1 atom stereocenters. The first-order chi connectivity index (χ1) is 7.99. The Kier molecular flexibility index (Phi) is 4.97. The molecule has 3 N–H and O–H groups in total. The highest BCUT2D eigenvalue weighted by atomic mass is 16.5. The predicted molar refractivity (Wildman–Crippen MR) is 66.1 cm³/mol. The van der Waals surface area contributed by atoms with Gasteiger partial charge in [-0.15, -0.1) is 0 Å². The first-order valence-corrected chi connectivity index (χ1v) is 5.69. The smallest absolute Gasteiger partial charge is 0.320 e. The van der Waals surface area contributed by atoms with Gasteiger partial charge in [-0.05, 0) is 30.0 Å². The maximum absolute atomic E-state index is 10.6. The first-order valence-electron chi connectivity index (χ1n) is 5.69. The van der Waals surface area contributed by atoms with E-state index in [0.717, 1.165) is 11.3 Å². The van der Waals surface area contributed by atoms with Crippen molar-refractivity contribution in [3.05, 3.63) is 29.8 Å². The van der Waals surface area contributed by atoms with Crippen molar-refractivity contribution in [3.8, 4) is 5.75 Å². The molecular weight excluding hydrogens is 218 g/mol. The van der Waals surface area contributed by atoms with Gasteiger partial charge in [0.2, 0.25) is 0 Å². The molecule has 17 heavy (non-hydrogen) atoms. The Labute approximate surface area is 101 Å². The summed E-state index contributed by atoms with van der Waals surface area (Å²) in [6.45, 7) is 4.79. The van der Waals surface area contributed by atoms with E-state index in [1.54, 1.807) is 0 Å². The second-order valence-corrected chi connectivity index (χ2v) is 4.50. The van der Waals surface area contributed by atoms with Crippen LogP contribution in [0.25, 0.3) is 0 Å². The molecule has 4 heteroatoms. The number of carbonyl (C=O) groups is 1. The standard InChI is InChI=1S/C13H19NO3/c1-9(2)8-17-11-5-3-4-10(6-11)7-12(14)13(15)16/h3-6,9,12H,7-8,14H2,1-2H3,(H,15,16)/t12-/m0/s1. The van der Waals surface area contributed by atoms with Gasteiger partial charge in [0.25, 0.3) is 0 Å². The average Bonchev–Trinajstić information content (AvgIpc) is 2.26. The van der Waals surface area contributed by atoms with Crippen molar-refractivity contribution in [1.82, 2.24) is 0 Å². The molecule has 1 rings (SSSR count). The van der Waals surface area contributed by atoms with Gasteiger partial charge in [-0.2, -0.15) is 0 Å². The second kappa shape index (κ2) is 6.25. The Morgan fingerprint density at radius 1 is 1.47 bits per heavy atom. The van der Waals surface area contributed by atoms with Crippen LogP contribution in [0, 0.1) is 5.92 Å². The van der Waals surface area contributed by atoms with Gasteiger partial charge >= 0.3 is 5.97 Å². The number of hydrogen-bond donors (Lipinski definition) is 2. The van der Waals surface area contributed by atoms with E-state index in [0.29, 0.717) is 18.9 Å². The minimum Gasteiger partial charge on any atom is -0.493 e.